The van der Waals surface area contributed by atoms with E-state index in [1.165, 1.54) is 12.8 Å². The van der Waals surface area contributed by atoms with Crippen LogP contribution in [0.25, 0.3) is 0 Å². The zero-order valence-corrected chi connectivity index (χ0v) is 16.3. The highest BCUT2D eigenvalue weighted by Gasteiger charge is 2.50. The van der Waals surface area contributed by atoms with Gasteiger partial charge in [0, 0.05) is 37.9 Å². The van der Waals surface area contributed by atoms with Gasteiger partial charge >= 0.3 is 0 Å². The molecular weight excluding hydrogens is 351 g/mol. The van der Waals surface area contributed by atoms with E-state index >= 15 is 0 Å². The number of hydrogen-bond donors (Lipinski definition) is 1. The first-order valence-electron chi connectivity index (χ1n) is 10.6. The van der Waals surface area contributed by atoms with Gasteiger partial charge in [-0.25, -0.2) is 4.39 Å². The number of halogens is 1. The van der Waals surface area contributed by atoms with Gasteiger partial charge in [-0.15, -0.1) is 0 Å². The van der Waals surface area contributed by atoms with E-state index in [-0.39, 0.29) is 5.82 Å². The topological polar surface area (TPSA) is 26.7 Å². The molecule has 148 valence electrons. The molecule has 2 aliphatic carbocycles. The van der Waals surface area contributed by atoms with Crippen LogP contribution in [0.5, 0.6) is 0 Å². The fourth-order valence-corrected chi connectivity index (χ4v) is 5.91. The Morgan fingerprint density at radius 3 is 2.04 bits per heavy atom. The molecule has 1 saturated heterocycles. The summed E-state index contributed by atoms with van der Waals surface area (Å²) in [5, 5.41) is 11.2. The first kappa shape index (κ1) is 18.1. The minimum absolute atomic E-state index is 0.171. The van der Waals surface area contributed by atoms with Gasteiger partial charge in [0.2, 0.25) is 0 Å². The molecule has 4 heteroatoms. The molecule has 2 aromatic carbocycles. The van der Waals surface area contributed by atoms with Crippen molar-refractivity contribution >= 4 is 5.69 Å². The lowest BCUT2D eigenvalue weighted by Gasteiger charge is -2.39. The highest BCUT2D eigenvalue weighted by atomic mass is 19.1. The monoisotopic (exact) mass is 380 g/mol. The van der Waals surface area contributed by atoms with Crippen LogP contribution in [0.15, 0.2) is 54.6 Å². The number of piperazine rings is 1. The number of fused-ring (bicyclic) bond motifs is 1. The fraction of sp³-hybridized carbons (Fsp3) is 0.500. The van der Waals surface area contributed by atoms with Crippen LogP contribution in [0.2, 0.25) is 0 Å². The smallest absolute Gasteiger partial charge is 0.123 e. The summed E-state index contributed by atoms with van der Waals surface area (Å²) in [5.74, 6) is 1.12. The van der Waals surface area contributed by atoms with Gasteiger partial charge < -0.3 is 10.0 Å². The molecule has 0 bridgehead atoms. The zero-order chi connectivity index (χ0) is 19.1. The van der Waals surface area contributed by atoms with Crippen LogP contribution < -0.4 is 4.90 Å². The third kappa shape index (κ3) is 3.33. The molecule has 1 N–H and O–H groups in total. The Bertz CT molecular complexity index is 787. The van der Waals surface area contributed by atoms with E-state index in [0.29, 0.717) is 17.9 Å². The highest BCUT2D eigenvalue weighted by Crippen LogP contribution is 2.53. The average Bonchev–Trinajstić information content (AvgIpc) is 3.25. The lowest BCUT2D eigenvalue weighted by Crippen LogP contribution is -2.50. The molecule has 3 nitrogen and oxygen atoms in total. The van der Waals surface area contributed by atoms with Crippen molar-refractivity contribution in [2.75, 3.05) is 31.1 Å². The van der Waals surface area contributed by atoms with E-state index < -0.39 is 5.60 Å². The molecule has 5 rings (SSSR count). The van der Waals surface area contributed by atoms with Crippen LogP contribution >= 0.6 is 0 Å². The van der Waals surface area contributed by atoms with Gasteiger partial charge in [0.25, 0.3) is 0 Å². The summed E-state index contributed by atoms with van der Waals surface area (Å²) in [7, 11) is 0. The molecule has 0 radical (unpaired) electrons. The van der Waals surface area contributed by atoms with Gasteiger partial charge in [-0.1, -0.05) is 30.3 Å². The van der Waals surface area contributed by atoms with Crippen molar-refractivity contribution in [2.24, 2.45) is 11.8 Å². The number of nitrogens with zero attached hydrogens (tertiary/aromatic N) is 2. The van der Waals surface area contributed by atoms with E-state index in [1.807, 2.05) is 30.3 Å². The molecule has 3 aliphatic rings. The van der Waals surface area contributed by atoms with Crippen LogP contribution in [0.4, 0.5) is 10.1 Å². The summed E-state index contributed by atoms with van der Waals surface area (Å²) in [6.45, 7) is 4.16. The van der Waals surface area contributed by atoms with Crippen molar-refractivity contribution in [3.63, 3.8) is 0 Å². The Hall–Kier alpha value is -1.91. The Labute approximate surface area is 166 Å². The van der Waals surface area contributed by atoms with E-state index in [2.05, 4.69) is 21.9 Å². The van der Waals surface area contributed by atoms with Crippen molar-refractivity contribution in [1.29, 1.82) is 0 Å². The first-order valence-corrected chi connectivity index (χ1v) is 10.6. The number of aliphatic hydroxyl groups is 1. The minimum atomic E-state index is -0.622. The maximum Gasteiger partial charge on any atom is 0.123 e. The predicted octanol–water partition coefficient (Wildman–Crippen LogP) is 4.02. The molecule has 2 unspecified atom stereocenters. The number of rotatable bonds is 3. The largest absolute Gasteiger partial charge is 0.385 e. The second-order valence-corrected chi connectivity index (χ2v) is 8.95. The zero-order valence-electron chi connectivity index (χ0n) is 16.3. The van der Waals surface area contributed by atoms with Gasteiger partial charge in [0.05, 0.1) is 5.60 Å². The molecule has 2 saturated carbocycles. The third-order valence-electron chi connectivity index (χ3n) is 7.35. The average molecular weight is 381 g/mol. The minimum Gasteiger partial charge on any atom is -0.385 e. The molecule has 1 aliphatic heterocycles. The predicted molar refractivity (Wildman–Crippen MR) is 110 cm³/mol. The van der Waals surface area contributed by atoms with Gasteiger partial charge in [0.1, 0.15) is 5.82 Å². The Morgan fingerprint density at radius 2 is 1.43 bits per heavy atom. The molecule has 0 spiro atoms. The van der Waals surface area contributed by atoms with Gasteiger partial charge in [-0.05, 0) is 67.3 Å². The second kappa shape index (κ2) is 7.16. The second-order valence-electron chi connectivity index (χ2n) is 8.95. The van der Waals surface area contributed by atoms with Crippen molar-refractivity contribution in [3.8, 4) is 0 Å². The molecular formula is C24H29FN2O. The summed E-state index contributed by atoms with van der Waals surface area (Å²) in [6, 6.07) is 17.8. The van der Waals surface area contributed by atoms with Crippen molar-refractivity contribution in [1.82, 2.24) is 4.90 Å². The SMILES string of the molecule is OC1(c2ccccc2)CC2CC(N3CCN(c4ccc(F)cc4)CC3)CC2C1. The Kier molecular flexibility index (Phi) is 4.64. The summed E-state index contributed by atoms with van der Waals surface area (Å²) >= 11 is 0. The lowest BCUT2D eigenvalue weighted by molar-refractivity contribution is 0.0309. The van der Waals surface area contributed by atoms with Crippen molar-refractivity contribution in [3.05, 3.63) is 66.0 Å². The number of hydrogen-bond acceptors (Lipinski definition) is 3. The quantitative estimate of drug-likeness (QED) is 0.871. The van der Waals surface area contributed by atoms with E-state index in [1.54, 1.807) is 12.1 Å². The van der Waals surface area contributed by atoms with Gasteiger partial charge in [-0.2, -0.15) is 0 Å². The van der Waals surface area contributed by atoms with Crippen molar-refractivity contribution < 1.29 is 9.50 Å². The maximum absolute atomic E-state index is 13.2. The van der Waals surface area contributed by atoms with Crippen LogP contribution in [0, 0.1) is 17.7 Å². The van der Waals surface area contributed by atoms with Gasteiger partial charge in [0.15, 0.2) is 0 Å². The van der Waals surface area contributed by atoms with E-state index in [9.17, 15) is 9.50 Å². The van der Waals surface area contributed by atoms with Gasteiger partial charge in [-0.3, -0.25) is 4.90 Å². The number of benzene rings is 2. The fourth-order valence-electron chi connectivity index (χ4n) is 5.91. The van der Waals surface area contributed by atoms with E-state index in [4.69, 9.17) is 0 Å². The van der Waals surface area contributed by atoms with Crippen molar-refractivity contribution in [2.45, 2.75) is 37.3 Å². The van der Waals surface area contributed by atoms with E-state index in [0.717, 1.165) is 50.3 Å². The highest BCUT2D eigenvalue weighted by molar-refractivity contribution is 5.46. The van der Waals surface area contributed by atoms with Crippen LogP contribution in [-0.4, -0.2) is 42.2 Å². The Morgan fingerprint density at radius 1 is 0.821 bits per heavy atom. The molecule has 2 aromatic rings. The molecule has 3 fully saturated rings. The molecule has 0 aromatic heterocycles. The summed E-state index contributed by atoms with van der Waals surface area (Å²) < 4.78 is 13.2. The Balaban J connectivity index is 1.17. The van der Waals surface area contributed by atoms with Crippen LogP contribution in [0.3, 0.4) is 0 Å². The summed E-state index contributed by atoms with van der Waals surface area (Å²) in [4.78, 5) is 5.01. The maximum atomic E-state index is 13.2. The molecule has 1 heterocycles. The molecule has 2 atom stereocenters. The number of anilines is 1. The summed E-state index contributed by atoms with van der Waals surface area (Å²) in [5.41, 5.74) is 1.59. The van der Waals surface area contributed by atoms with Crippen LogP contribution in [0.1, 0.15) is 31.2 Å². The normalized spacial score (nSPS) is 33.2. The third-order valence-corrected chi connectivity index (χ3v) is 7.35. The molecule has 0 amide bonds. The first-order chi connectivity index (χ1) is 13.6. The lowest BCUT2D eigenvalue weighted by atomic mass is 9.89. The molecule has 28 heavy (non-hydrogen) atoms. The summed E-state index contributed by atoms with van der Waals surface area (Å²) in [6.07, 6.45) is 4.26. The standard InChI is InChI=1S/C24H29FN2O/c25-21-6-8-22(9-7-21)26-10-12-27(13-11-26)23-14-18-16-24(28,17-19(18)15-23)20-4-2-1-3-5-20/h1-9,18-19,23,28H,10-17H2. The van der Waals surface area contributed by atoms with Crippen LogP contribution in [-0.2, 0) is 5.60 Å².